The van der Waals surface area contributed by atoms with E-state index < -0.39 is 10.7 Å². The second kappa shape index (κ2) is 6.27. The quantitative estimate of drug-likeness (QED) is 0.547. The van der Waals surface area contributed by atoms with Gasteiger partial charge in [-0.15, -0.1) is 10.2 Å². The molecule has 0 aliphatic heterocycles. The molecule has 116 valence electrons. The molecule has 0 aliphatic carbocycles. The molecule has 9 heteroatoms. The Morgan fingerprint density at radius 2 is 2.04 bits per heavy atom. The zero-order valence-electron chi connectivity index (χ0n) is 11.4. The number of nitrogens with zero attached hydrogens (tertiary/aromatic N) is 3. The first-order chi connectivity index (χ1) is 11.0. The van der Waals surface area contributed by atoms with E-state index in [4.69, 9.17) is 11.6 Å². The van der Waals surface area contributed by atoms with E-state index in [9.17, 15) is 14.5 Å². The third-order valence-electron chi connectivity index (χ3n) is 2.90. The predicted molar refractivity (Wildman–Crippen MR) is 86.7 cm³/mol. The molecular formula is C14H8ClFN4O2S. The summed E-state index contributed by atoms with van der Waals surface area (Å²) in [7, 11) is 0. The molecule has 3 aromatic rings. The average Bonchev–Trinajstić information content (AvgIpc) is 2.99. The highest BCUT2D eigenvalue weighted by Crippen LogP contribution is 2.31. The van der Waals surface area contributed by atoms with Crippen molar-refractivity contribution >= 4 is 39.4 Å². The van der Waals surface area contributed by atoms with Gasteiger partial charge in [-0.05, 0) is 18.2 Å². The Morgan fingerprint density at radius 3 is 2.78 bits per heavy atom. The van der Waals surface area contributed by atoms with Crippen LogP contribution in [0.4, 0.5) is 20.9 Å². The minimum Gasteiger partial charge on any atom is -0.330 e. The lowest BCUT2D eigenvalue weighted by Gasteiger charge is -2.02. The van der Waals surface area contributed by atoms with Gasteiger partial charge in [-0.3, -0.25) is 10.1 Å². The topological polar surface area (TPSA) is 81.0 Å². The molecule has 0 spiro atoms. The number of nitrogens with one attached hydrogen (secondary N) is 1. The maximum absolute atomic E-state index is 13.1. The van der Waals surface area contributed by atoms with Crippen molar-refractivity contribution < 1.29 is 9.31 Å². The minimum atomic E-state index is -0.508. The average molecular weight is 351 g/mol. The summed E-state index contributed by atoms with van der Waals surface area (Å²) in [5, 5.41) is 22.7. The van der Waals surface area contributed by atoms with E-state index in [-0.39, 0.29) is 10.7 Å². The Labute approximate surface area is 138 Å². The Balaban J connectivity index is 1.84. The summed E-state index contributed by atoms with van der Waals surface area (Å²) < 4.78 is 13.1. The standard InChI is InChI=1S/C14H8ClFN4O2S/c15-11-7-9(4-5-12(11)16)17-14-19-18-13(23-14)8-2-1-3-10(6-8)20(21)22/h1-7H,(H,17,19). The number of nitro groups is 1. The molecule has 0 amide bonds. The zero-order valence-corrected chi connectivity index (χ0v) is 12.9. The van der Waals surface area contributed by atoms with Crippen molar-refractivity contribution in [3.63, 3.8) is 0 Å². The summed E-state index contributed by atoms with van der Waals surface area (Å²) in [6.07, 6.45) is 0. The van der Waals surface area contributed by atoms with Gasteiger partial charge in [0.15, 0.2) is 0 Å². The van der Waals surface area contributed by atoms with Gasteiger partial charge in [-0.25, -0.2) is 4.39 Å². The first kappa shape index (κ1) is 15.3. The Hall–Kier alpha value is -2.58. The smallest absolute Gasteiger partial charge is 0.270 e. The van der Waals surface area contributed by atoms with Gasteiger partial charge in [-0.2, -0.15) is 0 Å². The zero-order chi connectivity index (χ0) is 16.4. The number of rotatable bonds is 4. The maximum atomic E-state index is 13.1. The highest BCUT2D eigenvalue weighted by Gasteiger charge is 2.12. The molecule has 23 heavy (non-hydrogen) atoms. The van der Waals surface area contributed by atoms with Crippen LogP contribution in [-0.2, 0) is 0 Å². The number of hydrogen-bond donors (Lipinski definition) is 1. The van der Waals surface area contributed by atoms with Gasteiger partial charge in [0.1, 0.15) is 10.8 Å². The molecule has 3 rings (SSSR count). The van der Waals surface area contributed by atoms with Crippen molar-refractivity contribution in [3.05, 3.63) is 63.4 Å². The molecule has 1 aromatic heterocycles. The lowest BCUT2D eigenvalue weighted by molar-refractivity contribution is -0.384. The Kier molecular flexibility index (Phi) is 4.18. The van der Waals surface area contributed by atoms with E-state index in [1.807, 2.05) is 0 Å². The summed E-state index contributed by atoms with van der Waals surface area (Å²) in [4.78, 5) is 10.3. The highest BCUT2D eigenvalue weighted by atomic mass is 35.5. The summed E-state index contributed by atoms with van der Waals surface area (Å²) in [5.41, 5.74) is 1.15. The fourth-order valence-electron chi connectivity index (χ4n) is 1.84. The van der Waals surface area contributed by atoms with Gasteiger partial charge in [-0.1, -0.05) is 35.1 Å². The number of halogens is 2. The SMILES string of the molecule is O=[N+]([O-])c1cccc(-c2nnc(Nc3ccc(F)c(Cl)c3)s2)c1. The normalized spacial score (nSPS) is 10.5. The number of aromatic nitrogens is 2. The monoisotopic (exact) mass is 350 g/mol. The maximum Gasteiger partial charge on any atom is 0.270 e. The summed E-state index contributed by atoms with van der Waals surface area (Å²) in [6.45, 7) is 0. The molecule has 0 aliphatic rings. The van der Waals surface area contributed by atoms with Crippen LogP contribution in [0.25, 0.3) is 10.6 Å². The molecule has 1 N–H and O–H groups in total. The number of anilines is 2. The van der Waals surface area contributed by atoms with Crippen LogP contribution in [0.2, 0.25) is 5.02 Å². The fourth-order valence-corrected chi connectivity index (χ4v) is 2.78. The van der Waals surface area contributed by atoms with Crippen LogP contribution < -0.4 is 5.32 Å². The van der Waals surface area contributed by atoms with Crippen molar-refractivity contribution in [1.82, 2.24) is 10.2 Å². The van der Waals surface area contributed by atoms with Crippen LogP contribution in [0.5, 0.6) is 0 Å². The second-order valence-corrected chi connectivity index (χ2v) is 5.86. The van der Waals surface area contributed by atoms with Crippen LogP contribution in [0.15, 0.2) is 42.5 Å². The molecule has 6 nitrogen and oxygen atoms in total. The van der Waals surface area contributed by atoms with Crippen molar-refractivity contribution in [1.29, 1.82) is 0 Å². The van der Waals surface area contributed by atoms with Crippen LogP contribution in [-0.4, -0.2) is 15.1 Å². The van der Waals surface area contributed by atoms with Gasteiger partial charge in [0.05, 0.1) is 9.95 Å². The van der Waals surface area contributed by atoms with E-state index in [0.29, 0.717) is 21.4 Å². The molecule has 0 atom stereocenters. The highest BCUT2D eigenvalue weighted by molar-refractivity contribution is 7.18. The second-order valence-electron chi connectivity index (χ2n) is 4.47. The van der Waals surface area contributed by atoms with E-state index in [1.165, 1.54) is 41.7 Å². The summed E-state index contributed by atoms with van der Waals surface area (Å²) in [5.74, 6) is -0.508. The van der Waals surface area contributed by atoms with Crippen molar-refractivity contribution in [2.45, 2.75) is 0 Å². The van der Waals surface area contributed by atoms with E-state index in [1.54, 1.807) is 12.1 Å². The van der Waals surface area contributed by atoms with E-state index in [2.05, 4.69) is 15.5 Å². The van der Waals surface area contributed by atoms with Crippen LogP contribution >= 0.6 is 22.9 Å². The van der Waals surface area contributed by atoms with E-state index >= 15 is 0 Å². The summed E-state index contributed by atoms with van der Waals surface area (Å²) >= 11 is 6.94. The minimum absolute atomic E-state index is 0.00146. The van der Waals surface area contributed by atoms with Crippen LogP contribution in [0.3, 0.4) is 0 Å². The number of hydrogen-bond acceptors (Lipinski definition) is 6. The molecule has 0 radical (unpaired) electrons. The number of nitro benzene ring substituents is 1. The molecular weight excluding hydrogens is 343 g/mol. The van der Waals surface area contributed by atoms with Gasteiger partial charge in [0, 0.05) is 23.4 Å². The molecule has 0 bridgehead atoms. The first-order valence-electron chi connectivity index (χ1n) is 6.33. The van der Waals surface area contributed by atoms with Gasteiger partial charge in [0.2, 0.25) is 5.13 Å². The molecule has 2 aromatic carbocycles. The van der Waals surface area contributed by atoms with Gasteiger partial charge < -0.3 is 5.32 Å². The van der Waals surface area contributed by atoms with Crippen LogP contribution in [0, 0.1) is 15.9 Å². The predicted octanol–water partition coefficient (Wildman–Crippen LogP) is 4.65. The Bertz CT molecular complexity index is 887. The molecule has 0 saturated carbocycles. The molecule has 1 heterocycles. The molecule has 0 saturated heterocycles. The van der Waals surface area contributed by atoms with Gasteiger partial charge in [0.25, 0.3) is 5.69 Å². The van der Waals surface area contributed by atoms with Crippen molar-refractivity contribution in [2.75, 3.05) is 5.32 Å². The number of benzene rings is 2. The summed E-state index contributed by atoms with van der Waals surface area (Å²) in [6, 6.07) is 10.3. The van der Waals surface area contributed by atoms with Crippen molar-refractivity contribution in [3.8, 4) is 10.6 Å². The lowest BCUT2D eigenvalue weighted by atomic mass is 10.2. The molecule has 0 fully saturated rings. The van der Waals surface area contributed by atoms with Crippen molar-refractivity contribution in [2.24, 2.45) is 0 Å². The van der Waals surface area contributed by atoms with E-state index in [0.717, 1.165) is 0 Å². The fraction of sp³-hybridized carbons (Fsp3) is 0. The third-order valence-corrected chi connectivity index (χ3v) is 4.08. The molecule has 0 unspecified atom stereocenters. The first-order valence-corrected chi connectivity index (χ1v) is 7.53. The van der Waals surface area contributed by atoms with Crippen LogP contribution in [0.1, 0.15) is 0 Å². The number of non-ortho nitro benzene ring substituents is 1. The largest absolute Gasteiger partial charge is 0.330 e. The van der Waals surface area contributed by atoms with Gasteiger partial charge >= 0.3 is 0 Å². The lowest BCUT2D eigenvalue weighted by Crippen LogP contribution is -1.90. The third kappa shape index (κ3) is 3.43. The Morgan fingerprint density at radius 1 is 1.22 bits per heavy atom.